The van der Waals surface area contributed by atoms with E-state index < -0.39 is 0 Å². The molecule has 0 spiro atoms. The number of hydrogen-bond acceptors (Lipinski definition) is 1. The molecular weight excluding hydrogens is 281 g/mol. The lowest BCUT2D eigenvalue weighted by Crippen LogP contribution is -2.36. The molecule has 1 aliphatic carbocycles. The molecule has 2 rings (SSSR count). The van der Waals surface area contributed by atoms with Crippen LogP contribution in [0.5, 0.6) is 0 Å². The highest BCUT2D eigenvalue weighted by Gasteiger charge is 2.30. The minimum Gasteiger partial charge on any atom is -0.317 e. The van der Waals surface area contributed by atoms with Crippen LogP contribution in [-0.4, -0.2) is 13.1 Å². The number of benzene rings is 1. The zero-order chi connectivity index (χ0) is 12.3. The minimum atomic E-state index is -0.168. The molecule has 0 heterocycles. The number of nitrogens with one attached hydrogen (secondary N) is 1. The summed E-state index contributed by atoms with van der Waals surface area (Å²) in [5.74, 6) is 1.39. The van der Waals surface area contributed by atoms with Crippen LogP contribution >= 0.6 is 15.9 Å². The van der Waals surface area contributed by atoms with Gasteiger partial charge in [-0.2, -0.15) is 0 Å². The SMILES string of the molecule is CCNCC1CCC1Cc1ccc(F)cc1Br. The number of rotatable bonds is 5. The van der Waals surface area contributed by atoms with Crippen LogP contribution < -0.4 is 5.32 Å². The first-order valence-corrected chi connectivity index (χ1v) is 7.14. The quantitative estimate of drug-likeness (QED) is 0.873. The molecular formula is C14H19BrFN. The number of hydrogen-bond donors (Lipinski definition) is 1. The molecule has 2 atom stereocenters. The summed E-state index contributed by atoms with van der Waals surface area (Å²) in [6.45, 7) is 4.31. The fourth-order valence-corrected chi connectivity index (χ4v) is 2.99. The average molecular weight is 300 g/mol. The van der Waals surface area contributed by atoms with Gasteiger partial charge in [-0.3, -0.25) is 0 Å². The van der Waals surface area contributed by atoms with Crippen LogP contribution in [0.4, 0.5) is 4.39 Å². The monoisotopic (exact) mass is 299 g/mol. The molecule has 1 saturated carbocycles. The highest BCUT2D eigenvalue weighted by Crippen LogP contribution is 2.37. The second kappa shape index (κ2) is 5.96. The maximum atomic E-state index is 13.0. The van der Waals surface area contributed by atoms with E-state index in [1.54, 1.807) is 12.1 Å². The molecule has 1 nitrogen and oxygen atoms in total. The van der Waals surface area contributed by atoms with Gasteiger partial charge in [-0.25, -0.2) is 4.39 Å². The topological polar surface area (TPSA) is 12.0 Å². The van der Waals surface area contributed by atoms with E-state index in [-0.39, 0.29) is 5.82 Å². The third-order valence-corrected chi connectivity index (χ3v) is 4.47. The molecule has 3 heteroatoms. The largest absolute Gasteiger partial charge is 0.317 e. The lowest BCUT2D eigenvalue weighted by Gasteiger charge is -2.37. The zero-order valence-corrected chi connectivity index (χ0v) is 11.8. The van der Waals surface area contributed by atoms with Crippen molar-refractivity contribution in [2.24, 2.45) is 11.8 Å². The highest BCUT2D eigenvalue weighted by atomic mass is 79.9. The molecule has 0 amide bonds. The van der Waals surface area contributed by atoms with E-state index in [0.717, 1.165) is 35.8 Å². The first-order valence-electron chi connectivity index (χ1n) is 6.35. The standard InChI is InChI=1S/C14H19BrFN/c1-2-17-9-12-4-3-10(12)7-11-5-6-13(16)8-14(11)15/h5-6,8,10,12,17H,2-4,7,9H2,1H3. The van der Waals surface area contributed by atoms with Crippen molar-refractivity contribution in [2.75, 3.05) is 13.1 Å². The maximum Gasteiger partial charge on any atom is 0.124 e. The maximum absolute atomic E-state index is 13.0. The average Bonchev–Trinajstić information content (AvgIpc) is 2.27. The lowest BCUT2D eigenvalue weighted by atomic mass is 9.70. The zero-order valence-electron chi connectivity index (χ0n) is 10.2. The molecule has 1 aromatic rings. The van der Waals surface area contributed by atoms with Crippen molar-refractivity contribution >= 4 is 15.9 Å². The molecule has 0 radical (unpaired) electrons. The summed E-state index contributed by atoms with van der Waals surface area (Å²) in [6, 6.07) is 5.02. The van der Waals surface area contributed by atoms with Gasteiger partial charge in [0.1, 0.15) is 5.82 Å². The molecule has 1 N–H and O–H groups in total. The van der Waals surface area contributed by atoms with Gasteiger partial charge in [0.25, 0.3) is 0 Å². The van der Waals surface area contributed by atoms with Crippen molar-refractivity contribution in [3.8, 4) is 0 Å². The predicted octanol–water partition coefficient (Wildman–Crippen LogP) is 3.77. The van der Waals surface area contributed by atoms with Crippen molar-refractivity contribution in [1.29, 1.82) is 0 Å². The minimum absolute atomic E-state index is 0.168. The van der Waals surface area contributed by atoms with E-state index in [1.165, 1.54) is 18.4 Å². The van der Waals surface area contributed by atoms with Crippen LogP contribution in [0.2, 0.25) is 0 Å². The summed E-state index contributed by atoms with van der Waals surface area (Å²) in [4.78, 5) is 0. The van der Waals surface area contributed by atoms with E-state index in [9.17, 15) is 4.39 Å². The van der Waals surface area contributed by atoms with Gasteiger partial charge in [0.2, 0.25) is 0 Å². The molecule has 1 fully saturated rings. The van der Waals surface area contributed by atoms with Gasteiger partial charge in [-0.15, -0.1) is 0 Å². The van der Waals surface area contributed by atoms with Gasteiger partial charge in [-0.1, -0.05) is 28.9 Å². The second-order valence-electron chi connectivity index (χ2n) is 4.85. The molecule has 2 unspecified atom stereocenters. The lowest BCUT2D eigenvalue weighted by molar-refractivity contribution is 0.171. The van der Waals surface area contributed by atoms with Gasteiger partial charge in [0.15, 0.2) is 0 Å². The molecule has 1 aromatic carbocycles. The van der Waals surface area contributed by atoms with Crippen LogP contribution in [0, 0.1) is 17.7 Å². The van der Waals surface area contributed by atoms with Crippen LogP contribution in [0.15, 0.2) is 22.7 Å². The third kappa shape index (κ3) is 3.29. The first-order chi connectivity index (χ1) is 8.20. The molecule has 0 bridgehead atoms. The smallest absolute Gasteiger partial charge is 0.124 e. The Morgan fingerprint density at radius 3 is 2.71 bits per heavy atom. The van der Waals surface area contributed by atoms with E-state index in [4.69, 9.17) is 0 Å². The summed E-state index contributed by atoms with van der Waals surface area (Å²) in [5.41, 5.74) is 1.23. The van der Waals surface area contributed by atoms with Crippen LogP contribution in [-0.2, 0) is 6.42 Å². The summed E-state index contributed by atoms with van der Waals surface area (Å²) in [5, 5.41) is 3.42. The van der Waals surface area contributed by atoms with Gasteiger partial charge < -0.3 is 5.32 Å². The second-order valence-corrected chi connectivity index (χ2v) is 5.70. The Kier molecular flexibility index (Phi) is 4.57. The van der Waals surface area contributed by atoms with Crippen LogP contribution in [0.3, 0.4) is 0 Å². The van der Waals surface area contributed by atoms with Crippen molar-refractivity contribution in [2.45, 2.75) is 26.2 Å². The Morgan fingerprint density at radius 1 is 1.35 bits per heavy atom. The highest BCUT2D eigenvalue weighted by molar-refractivity contribution is 9.10. The Labute approximate surface area is 111 Å². The van der Waals surface area contributed by atoms with E-state index in [2.05, 4.69) is 28.2 Å². The van der Waals surface area contributed by atoms with Gasteiger partial charge in [0.05, 0.1) is 0 Å². The van der Waals surface area contributed by atoms with Crippen molar-refractivity contribution in [3.05, 3.63) is 34.1 Å². The first kappa shape index (κ1) is 13.0. The molecule has 1 aliphatic rings. The molecule has 94 valence electrons. The van der Waals surface area contributed by atoms with Gasteiger partial charge in [-0.05, 0) is 61.9 Å². The molecule has 17 heavy (non-hydrogen) atoms. The molecule has 0 aromatic heterocycles. The fraction of sp³-hybridized carbons (Fsp3) is 0.571. The predicted molar refractivity (Wildman–Crippen MR) is 72.6 cm³/mol. The van der Waals surface area contributed by atoms with Crippen LogP contribution in [0.25, 0.3) is 0 Å². The molecule has 0 saturated heterocycles. The van der Waals surface area contributed by atoms with E-state index in [1.807, 2.05) is 6.07 Å². The Hall–Kier alpha value is -0.410. The fourth-order valence-electron chi connectivity index (χ4n) is 2.47. The molecule has 0 aliphatic heterocycles. The van der Waals surface area contributed by atoms with Crippen molar-refractivity contribution in [3.63, 3.8) is 0 Å². The summed E-state index contributed by atoms with van der Waals surface area (Å²) in [7, 11) is 0. The van der Waals surface area contributed by atoms with Gasteiger partial charge in [0, 0.05) is 4.47 Å². The Bertz CT molecular complexity index is 380. The van der Waals surface area contributed by atoms with Crippen LogP contribution in [0.1, 0.15) is 25.3 Å². The normalized spacial score (nSPS) is 23.5. The summed E-state index contributed by atoms with van der Waals surface area (Å²) >= 11 is 3.45. The Morgan fingerprint density at radius 2 is 2.12 bits per heavy atom. The number of halogens is 2. The van der Waals surface area contributed by atoms with E-state index >= 15 is 0 Å². The van der Waals surface area contributed by atoms with Gasteiger partial charge >= 0.3 is 0 Å². The van der Waals surface area contributed by atoms with E-state index in [0.29, 0.717) is 0 Å². The Balaban J connectivity index is 1.92. The van der Waals surface area contributed by atoms with Crippen molar-refractivity contribution in [1.82, 2.24) is 5.32 Å². The summed E-state index contributed by atoms with van der Waals surface area (Å²) in [6.07, 6.45) is 3.70. The van der Waals surface area contributed by atoms with Crippen molar-refractivity contribution < 1.29 is 4.39 Å². The summed E-state index contributed by atoms with van der Waals surface area (Å²) < 4.78 is 13.9. The third-order valence-electron chi connectivity index (χ3n) is 3.73.